The summed E-state index contributed by atoms with van der Waals surface area (Å²) in [6, 6.07) is 6.48. The summed E-state index contributed by atoms with van der Waals surface area (Å²) < 4.78 is 0. The second-order valence-electron chi connectivity index (χ2n) is 5.96. The van der Waals surface area contributed by atoms with Crippen LogP contribution in [0.2, 0.25) is 0 Å². The first kappa shape index (κ1) is 17.9. The van der Waals surface area contributed by atoms with E-state index in [4.69, 9.17) is 5.73 Å². The van der Waals surface area contributed by atoms with Crippen LogP contribution in [-0.2, 0) is 4.79 Å². The van der Waals surface area contributed by atoms with Gasteiger partial charge >= 0.3 is 6.03 Å². The Morgan fingerprint density at radius 3 is 2.67 bits per heavy atom. The van der Waals surface area contributed by atoms with E-state index in [2.05, 4.69) is 15.6 Å². The Kier molecular flexibility index (Phi) is 5.92. The highest BCUT2D eigenvalue weighted by Crippen LogP contribution is 2.23. The molecule has 0 bridgehead atoms. The topological polar surface area (TPSA) is 97.1 Å². The van der Waals surface area contributed by atoms with Gasteiger partial charge in [-0.1, -0.05) is 43.7 Å². The molecule has 1 heterocycles. The molecule has 1 aromatic carbocycles. The third kappa shape index (κ3) is 5.06. The van der Waals surface area contributed by atoms with Crippen molar-refractivity contribution in [3.05, 3.63) is 46.5 Å². The minimum Gasteiger partial charge on any atom is -0.352 e. The Bertz CT molecular complexity index is 727. The van der Waals surface area contributed by atoms with Gasteiger partial charge in [0.05, 0.1) is 18.2 Å². The summed E-state index contributed by atoms with van der Waals surface area (Å²) >= 11 is 1.39. The number of nitrogens with one attached hydrogen (secondary N) is 2. The lowest BCUT2D eigenvalue weighted by Gasteiger charge is -2.18. The number of aryl methyl sites for hydroxylation is 1. The Hall–Kier alpha value is -2.41. The molecule has 0 radical (unpaired) electrons. The second-order valence-corrected chi connectivity index (χ2v) is 6.82. The summed E-state index contributed by atoms with van der Waals surface area (Å²) in [5.74, 6) is 0.0865. The Labute approximate surface area is 145 Å². The first-order valence-corrected chi connectivity index (χ1v) is 8.61. The molecule has 24 heavy (non-hydrogen) atoms. The number of rotatable bonds is 6. The van der Waals surface area contributed by atoms with E-state index < -0.39 is 12.1 Å². The number of carbonyl (C=O) groups is 2. The third-order valence-corrected chi connectivity index (χ3v) is 4.29. The highest BCUT2D eigenvalue weighted by molar-refractivity contribution is 7.13. The Morgan fingerprint density at radius 2 is 2.08 bits per heavy atom. The zero-order valence-corrected chi connectivity index (χ0v) is 14.8. The van der Waals surface area contributed by atoms with Crippen molar-refractivity contribution in [1.82, 2.24) is 10.3 Å². The number of hydrogen-bond donors (Lipinski definition) is 3. The predicted octanol–water partition coefficient (Wildman–Crippen LogP) is 3.31. The van der Waals surface area contributed by atoms with Crippen molar-refractivity contribution in [3.8, 4) is 0 Å². The van der Waals surface area contributed by atoms with Crippen molar-refractivity contribution in [3.63, 3.8) is 0 Å². The molecular weight excluding hydrogens is 324 g/mol. The Balaban J connectivity index is 2.07. The third-order valence-electron chi connectivity index (χ3n) is 3.51. The molecule has 0 fully saturated rings. The van der Waals surface area contributed by atoms with E-state index >= 15 is 0 Å². The van der Waals surface area contributed by atoms with Gasteiger partial charge in [0.25, 0.3) is 0 Å². The average molecular weight is 346 g/mol. The molecule has 7 heteroatoms. The normalized spacial score (nSPS) is 12.0. The summed E-state index contributed by atoms with van der Waals surface area (Å²) in [5.41, 5.74) is 8.07. The van der Waals surface area contributed by atoms with Crippen LogP contribution in [-0.4, -0.2) is 16.9 Å². The van der Waals surface area contributed by atoms with E-state index in [0.29, 0.717) is 11.0 Å². The molecule has 0 aliphatic rings. The molecule has 0 aliphatic carbocycles. The van der Waals surface area contributed by atoms with Crippen molar-refractivity contribution in [2.45, 2.75) is 39.2 Å². The Morgan fingerprint density at radius 1 is 1.33 bits per heavy atom. The highest BCUT2D eigenvalue weighted by atomic mass is 32.1. The van der Waals surface area contributed by atoms with Crippen molar-refractivity contribution in [1.29, 1.82) is 0 Å². The van der Waals surface area contributed by atoms with E-state index in [1.165, 1.54) is 11.3 Å². The molecule has 2 aromatic rings. The number of anilines is 1. The molecule has 3 amide bonds. The lowest BCUT2D eigenvalue weighted by molar-refractivity contribution is -0.116. The van der Waals surface area contributed by atoms with E-state index in [1.807, 2.05) is 50.4 Å². The smallest absolute Gasteiger partial charge is 0.312 e. The molecule has 2 rings (SSSR count). The first-order valence-electron chi connectivity index (χ1n) is 7.73. The van der Waals surface area contributed by atoms with Gasteiger partial charge in [0.1, 0.15) is 0 Å². The summed E-state index contributed by atoms with van der Waals surface area (Å²) in [7, 11) is 0. The summed E-state index contributed by atoms with van der Waals surface area (Å²) in [6.07, 6.45) is 0.0863. The van der Waals surface area contributed by atoms with Crippen LogP contribution in [0.15, 0.2) is 29.6 Å². The van der Waals surface area contributed by atoms with Crippen molar-refractivity contribution < 1.29 is 9.59 Å². The van der Waals surface area contributed by atoms with Crippen LogP contribution in [0.5, 0.6) is 0 Å². The lowest BCUT2D eigenvalue weighted by Crippen LogP contribution is -2.35. The van der Waals surface area contributed by atoms with Gasteiger partial charge in [-0.25, -0.2) is 9.78 Å². The van der Waals surface area contributed by atoms with Crippen LogP contribution in [0.25, 0.3) is 0 Å². The van der Waals surface area contributed by atoms with Gasteiger partial charge in [-0.05, 0) is 18.4 Å². The van der Waals surface area contributed by atoms with Gasteiger partial charge in [-0.15, -0.1) is 11.3 Å². The number of carbonyl (C=O) groups excluding carboxylic acids is 2. The number of primary amides is 1. The average Bonchev–Trinajstić information content (AvgIpc) is 2.94. The number of aromatic nitrogens is 1. The van der Waals surface area contributed by atoms with Crippen LogP contribution in [0.4, 0.5) is 9.93 Å². The molecule has 1 aromatic heterocycles. The molecule has 0 spiro atoms. The number of urea groups is 1. The van der Waals surface area contributed by atoms with E-state index in [9.17, 15) is 9.59 Å². The highest BCUT2D eigenvalue weighted by Gasteiger charge is 2.18. The van der Waals surface area contributed by atoms with Crippen molar-refractivity contribution in [2.24, 2.45) is 5.73 Å². The standard InChI is InChI=1S/C17H22N4O2S/c1-10(2)14-9-24-17(20-14)21-15(22)8-13(19-16(18)23)12-6-4-5-11(3)7-12/h4-7,9-10,13H,8H2,1-3H3,(H3,18,19,23)(H,20,21,22)/t13-/m0/s1. The minimum atomic E-state index is -0.661. The maximum absolute atomic E-state index is 12.3. The predicted molar refractivity (Wildman–Crippen MR) is 96.1 cm³/mol. The van der Waals surface area contributed by atoms with E-state index in [1.54, 1.807) is 0 Å². The van der Waals surface area contributed by atoms with Gasteiger partial charge in [-0.2, -0.15) is 0 Å². The van der Waals surface area contributed by atoms with Crippen molar-refractivity contribution >= 4 is 28.4 Å². The first-order chi connectivity index (χ1) is 11.3. The number of nitrogens with two attached hydrogens (primary N) is 1. The number of nitrogens with zero attached hydrogens (tertiary/aromatic N) is 1. The maximum Gasteiger partial charge on any atom is 0.312 e. The molecule has 0 unspecified atom stereocenters. The molecule has 0 saturated carbocycles. The van der Waals surface area contributed by atoms with Crippen LogP contribution >= 0.6 is 11.3 Å². The van der Waals surface area contributed by atoms with Crippen LogP contribution in [0, 0.1) is 6.92 Å². The number of hydrogen-bond acceptors (Lipinski definition) is 4. The fraction of sp³-hybridized carbons (Fsp3) is 0.353. The van der Waals surface area contributed by atoms with E-state index in [0.717, 1.165) is 16.8 Å². The number of thiazole rings is 1. The molecule has 1 atom stereocenters. The monoisotopic (exact) mass is 346 g/mol. The zero-order chi connectivity index (χ0) is 17.7. The quantitative estimate of drug-likeness (QED) is 0.748. The summed E-state index contributed by atoms with van der Waals surface area (Å²) in [6.45, 7) is 6.05. The maximum atomic E-state index is 12.3. The fourth-order valence-corrected chi connectivity index (χ4v) is 3.16. The van der Waals surface area contributed by atoms with Gasteiger partial charge in [0.15, 0.2) is 5.13 Å². The number of benzene rings is 1. The number of amides is 3. The molecule has 4 N–H and O–H groups in total. The largest absolute Gasteiger partial charge is 0.352 e. The second kappa shape index (κ2) is 7.92. The van der Waals surface area contributed by atoms with Crippen LogP contribution in [0.3, 0.4) is 0 Å². The van der Waals surface area contributed by atoms with E-state index in [-0.39, 0.29) is 12.3 Å². The van der Waals surface area contributed by atoms with Gasteiger partial charge < -0.3 is 16.4 Å². The van der Waals surface area contributed by atoms with Gasteiger partial charge in [0.2, 0.25) is 5.91 Å². The molecule has 6 nitrogen and oxygen atoms in total. The van der Waals surface area contributed by atoms with Crippen molar-refractivity contribution in [2.75, 3.05) is 5.32 Å². The lowest BCUT2D eigenvalue weighted by atomic mass is 10.0. The molecule has 0 aliphatic heterocycles. The fourth-order valence-electron chi connectivity index (χ4n) is 2.28. The van der Waals surface area contributed by atoms with Crippen LogP contribution < -0.4 is 16.4 Å². The summed E-state index contributed by atoms with van der Waals surface area (Å²) in [5, 5.41) is 7.90. The molecular formula is C17H22N4O2S. The van der Waals surface area contributed by atoms with Gasteiger partial charge in [0, 0.05) is 5.38 Å². The summed E-state index contributed by atoms with van der Waals surface area (Å²) in [4.78, 5) is 27.9. The molecule has 0 saturated heterocycles. The van der Waals surface area contributed by atoms with Crippen LogP contribution in [0.1, 0.15) is 49.0 Å². The van der Waals surface area contributed by atoms with Gasteiger partial charge in [-0.3, -0.25) is 4.79 Å². The zero-order valence-electron chi connectivity index (χ0n) is 14.0. The minimum absolute atomic E-state index is 0.0863. The SMILES string of the molecule is Cc1cccc([C@H](CC(=O)Nc2nc(C(C)C)cs2)NC(N)=O)c1. The molecule has 128 valence electrons.